The molecule has 3 rings (SSSR count). The highest BCUT2D eigenvalue weighted by molar-refractivity contribution is 5.75. The van der Waals surface area contributed by atoms with Gasteiger partial charge in [-0.3, -0.25) is 14.6 Å². The largest absolute Gasteiger partial charge is 0.397 e. The molecule has 0 spiro atoms. The normalized spacial score (nSPS) is 11.1. The second kappa shape index (κ2) is 6.62. The molecular formula is C18H21N5. The van der Waals surface area contributed by atoms with Crippen molar-refractivity contribution in [3.05, 3.63) is 66.2 Å². The first kappa shape index (κ1) is 15.2. The summed E-state index contributed by atoms with van der Waals surface area (Å²) in [5.41, 5.74) is 11.3. The number of nitrogen functional groups attached to an aromatic ring is 1. The molecule has 5 heteroatoms. The maximum absolute atomic E-state index is 6.03. The van der Waals surface area contributed by atoms with Crippen LogP contribution in [0.2, 0.25) is 0 Å². The zero-order valence-corrected chi connectivity index (χ0v) is 13.5. The Balaban J connectivity index is 1.74. The molecule has 0 saturated carbocycles. The van der Waals surface area contributed by atoms with Crippen LogP contribution in [0.1, 0.15) is 11.1 Å². The molecule has 3 aromatic rings. The molecule has 0 radical (unpaired) electrons. The maximum atomic E-state index is 6.03. The predicted molar refractivity (Wildman–Crippen MR) is 92.5 cm³/mol. The van der Waals surface area contributed by atoms with Crippen molar-refractivity contribution in [2.45, 2.75) is 13.1 Å². The average Bonchev–Trinajstić information content (AvgIpc) is 2.93. The van der Waals surface area contributed by atoms with Gasteiger partial charge in [-0.15, -0.1) is 0 Å². The number of benzene rings is 1. The van der Waals surface area contributed by atoms with E-state index in [1.807, 2.05) is 30.2 Å². The molecule has 1 aromatic carbocycles. The van der Waals surface area contributed by atoms with Crippen LogP contribution in [-0.2, 0) is 20.1 Å². The molecule has 23 heavy (non-hydrogen) atoms. The number of rotatable bonds is 5. The second-order valence-corrected chi connectivity index (χ2v) is 5.86. The van der Waals surface area contributed by atoms with Crippen LogP contribution < -0.4 is 5.73 Å². The number of aryl methyl sites for hydroxylation is 1. The van der Waals surface area contributed by atoms with Crippen LogP contribution >= 0.6 is 0 Å². The molecule has 0 bridgehead atoms. The van der Waals surface area contributed by atoms with E-state index < -0.39 is 0 Å². The lowest BCUT2D eigenvalue weighted by Gasteiger charge is -2.16. The van der Waals surface area contributed by atoms with Crippen molar-refractivity contribution in [3.8, 4) is 11.1 Å². The van der Waals surface area contributed by atoms with E-state index >= 15 is 0 Å². The van der Waals surface area contributed by atoms with Crippen LogP contribution in [0.3, 0.4) is 0 Å². The fourth-order valence-electron chi connectivity index (χ4n) is 2.74. The molecule has 2 N–H and O–H groups in total. The van der Waals surface area contributed by atoms with Gasteiger partial charge in [-0.2, -0.15) is 5.10 Å². The second-order valence-electron chi connectivity index (χ2n) is 5.86. The SMILES string of the molecule is CN(Cc1cccc(-c2ccncc2N)c1)Cc1cnn(C)c1. The van der Waals surface area contributed by atoms with Crippen molar-refractivity contribution in [1.29, 1.82) is 0 Å². The van der Waals surface area contributed by atoms with E-state index in [0.29, 0.717) is 5.69 Å². The molecule has 0 amide bonds. The molecule has 0 atom stereocenters. The standard InChI is InChI=1S/C18H21N5/c1-22(12-15-9-21-23(2)13-15)11-14-4-3-5-16(8-14)17-6-7-20-10-18(17)19/h3-10,13H,11-12,19H2,1-2H3. The van der Waals surface area contributed by atoms with E-state index in [-0.39, 0.29) is 0 Å². The van der Waals surface area contributed by atoms with Gasteiger partial charge < -0.3 is 5.73 Å². The number of pyridine rings is 1. The number of anilines is 1. The van der Waals surface area contributed by atoms with E-state index in [2.05, 4.69) is 46.3 Å². The monoisotopic (exact) mass is 307 g/mol. The highest BCUT2D eigenvalue weighted by Crippen LogP contribution is 2.25. The van der Waals surface area contributed by atoms with Gasteiger partial charge in [0.25, 0.3) is 0 Å². The molecular weight excluding hydrogens is 286 g/mol. The summed E-state index contributed by atoms with van der Waals surface area (Å²) in [4.78, 5) is 6.32. The molecule has 0 unspecified atom stereocenters. The van der Waals surface area contributed by atoms with E-state index in [1.54, 1.807) is 12.4 Å². The summed E-state index contributed by atoms with van der Waals surface area (Å²) in [7, 11) is 4.05. The summed E-state index contributed by atoms with van der Waals surface area (Å²) in [6.07, 6.45) is 7.42. The fraction of sp³-hybridized carbons (Fsp3) is 0.222. The Morgan fingerprint density at radius 3 is 2.70 bits per heavy atom. The molecule has 5 nitrogen and oxygen atoms in total. The summed E-state index contributed by atoms with van der Waals surface area (Å²) in [6.45, 7) is 1.74. The van der Waals surface area contributed by atoms with Crippen molar-refractivity contribution < 1.29 is 0 Å². The summed E-state index contributed by atoms with van der Waals surface area (Å²) < 4.78 is 1.83. The molecule has 0 saturated heterocycles. The predicted octanol–water partition coefficient (Wildman–Crippen LogP) is 2.70. The Labute approximate surface area is 136 Å². The number of aromatic nitrogens is 3. The van der Waals surface area contributed by atoms with E-state index in [0.717, 1.165) is 24.2 Å². The van der Waals surface area contributed by atoms with Gasteiger partial charge >= 0.3 is 0 Å². The summed E-state index contributed by atoms with van der Waals surface area (Å²) in [5.74, 6) is 0. The first-order valence-corrected chi connectivity index (χ1v) is 7.56. The third-order valence-corrected chi connectivity index (χ3v) is 3.75. The van der Waals surface area contributed by atoms with Crippen LogP contribution in [0.4, 0.5) is 5.69 Å². The molecule has 0 aliphatic rings. The van der Waals surface area contributed by atoms with Gasteiger partial charge in [0.2, 0.25) is 0 Å². The van der Waals surface area contributed by atoms with Gasteiger partial charge in [0.15, 0.2) is 0 Å². The first-order valence-electron chi connectivity index (χ1n) is 7.56. The van der Waals surface area contributed by atoms with E-state index in [1.165, 1.54) is 11.1 Å². The van der Waals surface area contributed by atoms with Gasteiger partial charge in [-0.25, -0.2) is 0 Å². The zero-order valence-electron chi connectivity index (χ0n) is 13.5. The Morgan fingerprint density at radius 2 is 1.96 bits per heavy atom. The van der Waals surface area contributed by atoms with Gasteiger partial charge in [-0.05, 0) is 30.3 Å². The Hall–Kier alpha value is -2.66. The fourth-order valence-corrected chi connectivity index (χ4v) is 2.74. The van der Waals surface area contributed by atoms with Crippen LogP contribution in [0, 0.1) is 0 Å². The van der Waals surface area contributed by atoms with Crippen molar-refractivity contribution in [1.82, 2.24) is 19.7 Å². The Kier molecular flexibility index (Phi) is 4.39. The summed E-state index contributed by atoms with van der Waals surface area (Å²) in [5, 5.41) is 4.21. The lowest BCUT2D eigenvalue weighted by Crippen LogP contribution is -2.16. The number of nitrogens with zero attached hydrogens (tertiary/aromatic N) is 4. The van der Waals surface area contributed by atoms with Crippen molar-refractivity contribution in [2.75, 3.05) is 12.8 Å². The number of hydrogen-bond donors (Lipinski definition) is 1. The first-order chi connectivity index (χ1) is 11.1. The summed E-state index contributed by atoms with van der Waals surface area (Å²) in [6, 6.07) is 10.4. The Morgan fingerprint density at radius 1 is 1.13 bits per heavy atom. The van der Waals surface area contributed by atoms with Crippen LogP contribution in [0.15, 0.2) is 55.1 Å². The minimum Gasteiger partial charge on any atom is -0.397 e. The molecule has 118 valence electrons. The van der Waals surface area contributed by atoms with Crippen molar-refractivity contribution in [2.24, 2.45) is 7.05 Å². The average molecular weight is 307 g/mol. The van der Waals surface area contributed by atoms with Gasteiger partial charge in [0.05, 0.1) is 18.1 Å². The zero-order chi connectivity index (χ0) is 16.2. The third-order valence-electron chi connectivity index (χ3n) is 3.75. The van der Waals surface area contributed by atoms with Crippen LogP contribution in [0.25, 0.3) is 11.1 Å². The van der Waals surface area contributed by atoms with E-state index in [4.69, 9.17) is 5.73 Å². The topological polar surface area (TPSA) is 60.0 Å². The molecule has 2 heterocycles. The lowest BCUT2D eigenvalue weighted by molar-refractivity contribution is 0.319. The van der Waals surface area contributed by atoms with Crippen molar-refractivity contribution in [3.63, 3.8) is 0 Å². The highest BCUT2D eigenvalue weighted by Gasteiger charge is 2.06. The Bertz CT molecular complexity index is 793. The van der Waals surface area contributed by atoms with Gasteiger partial charge in [0, 0.05) is 43.7 Å². The van der Waals surface area contributed by atoms with Crippen molar-refractivity contribution >= 4 is 5.69 Å². The quantitative estimate of drug-likeness (QED) is 0.787. The van der Waals surface area contributed by atoms with Gasteiger partial charge in [-0.1, -0.05) is 18.2 Å². The van der Waals surface area contributed by atoms with Crippen LogP contribution in [-0.4, -0.2) is 26.7 Å². The molecule has 0 aliphatic heterocycles. The maximum Gasteiger partial charge on any atom is 0.0580 e. The number of nitrogens with two attached hydrogens (primary N) is 1. The lowest BCUT2D eigenvalue weighted by atomic mass is 10.0. The number of hydrogen-bond acceptors (Lipinski definition) is 4. The van der Waals surface area contributed by atoms with Gasteiger partial charge in [0.1, 0.15) is 0 Å². The molecule has 2 aromatic heterocycles. The molecule has 0 aliphatic carbocycles. The minimum absolute atomic E-state index is 0.702. The summed E-state index contributed by atoms with van der Waals surface area (Å²) >= 11 is 0. The minimum atomic E-state index is 0.702. The van der Waals surface area contributed by atoms with Crippen LogP contribution in [0.5, 0.6) is 0 Å². The smallest absolute Gasteiger partial charge is 0.0580 e. The van der Waals surface area contributed by atoms with E-state index in [9.17, 15) is 0 Å². The third kappa shape index (κ3) is 3.76. The molecule has 0 fully saturated rings. The highest BCUT2D eigenvalue weighted by atomic mass is 15.2.